The van der Waals surface area contributed by atoms with Gasteiger partial charge in [-0.3, -0.25) is 4.79 Å². The fourth-order valence-corrected chi connectivity index (χ4v) is 1.78. The normalized spacial score (nSPS) is 15.3. The molecule has 3 nitrogen and oxygen atoms in total. The van der Waals surface area contributed by atoms with E-state index in [1.165, 1.54) is 0 Å². The van der Waals surface area contributed by atoms with Crippen LogP contribution in [0.3, 0.4) is 0 Å². The summed E-state index contributed by atoms with van der Waals surface area (Å²) in [5.74, 6) is -50.3. The Morgan fingerprint density at radius 2 is 1.03 bits per heavy atom. The summed E-state index contributed by atoms with van der Waals surface area (Å²) in [6.07, 6.45) is -0.671. The topological polar surface area (TPSA) is 49.3 Å². The molecular formula is C12H10ClF14NO2. The van der Waals surface area contributed by atoms with E-state index in [-0.39, 0.29) is 6.42 Å². The van der Waals surface area contributed by atoms with E-state index in [1.54, 1.807) is 0 Å². The summed E-state index contributed by atoms with van der Waals surface area (Å²) < 4.78 is 184. The molecule has 30 heavy (non-hydrogen) atoms. The molecule has 0 radical (unpaired) electrons. The van der Waals surface area contributed by atoms with Crippen LogP contribution >= 0.6 is 11.6 Å². The fourth-order valence-electron chi connectivity index (χ4n) is 1.66. The van der Waals surface area contributed by atoms with Gasteiger partial charge in [-0.1, -0.05) is 0 Å². The maximum atomic E-state index is 13.4. The van der Waals surface area contributed by atoms with Gasteiger partial charge in [-0.25, -0.2) is 0 Å². The minimum Gasteiger partial charge on any atom is -0.396 e. The zero-order chi connectivity index (χ0) is 24.6. The van der Waals surface area contributed by atoms with Gasteiger partial charge >= 0.3 is 40.9 Å². The van der Waals surface area contributed by atoms with Crippen molar-refractivity contribution in [2.24, 2.45) is 0 Å². The summed E-state index contributed by atoms with van der Waals surface area (Å²) in [6.45, 7) is -1.62. The van der Waals surface area contributed by atoms with Gasteiger partial charge in [0.15, 0.2) is 0 Å². The zero-order valence-electron chi connectivity index (χ0n) is 13.9. The standard InChI is InChI=1S/C12H10ClF14NO2/c13-12(26,27)11(24,25)10(22,23)9(20,21)8(18,19)7(16,17)6(14,15)5(30)28-3-1-2-4-29/h29H,1-4H2,(H,28,30). The number of aliphatic hydroxyl groups is 1. The van der Waals surface area contributed by atoms with Crippen molar-refractivity contribution in [1.29, 1.82) is 0 Å². The van der Waals surface area contributed by atoms with Crippen molar-refractivity contribution in [3.63, 3.8) is 0 Å². The molecule has 0 unspecified atom stereocenters. The molecular weight excluding hydrogens is 492 g/mol. The van der Waals surface area contributed by atoms with Crippen molar-refractivity contribution in [3.8, 4) is 0 Å². The van der Waals surface area contributed by atoms with Crippen molar-refractivity contribution in [1.82, 2.24) is 5.32 Å². The number of carbonyl (C=O) groups excluding carboxylic acids is 1. The second-order valence-electron chi connectivity index (χ2n) is 5.63. The molecule has 0 aromatic heterocycles. The van der Waals surface area contributed by atoms with Gasteiger partial charge in [0.25, 0.3) is 5.91 Å². The Hall–Kier alpha value is -1.26. The van der Waals surface area contributed by atoms with Gasteiger partial charge in [0.1, 0.15) is 0 Å². The second-order valence-corrected chi connectivity index (χ2v) is 6.11. The van der Waals surface area contributed by atoms with Crippen LogP contribution in [0, 0.1) is 0 Å². The predicted octanol–water partition coefficient (Wildman–Crippen LogP) is 4.52. The third kappa shape index (κ3) is 4.23. The highest BCUT2D eigenvalue weighted by Crippen LogP contribution is 2.62. The van der Waals surface area contributed by atoms with E-state index in [1.807, 2.05) is 0 Å². The van der Waals surface area contributed by atoms with Crippen LogP contribution in [0.5, 0.6) is 0 Å². The molecule has 0 rings (SSSR count). The molecule has 1 amide bonds. The predicted molar refractivity (Wildman–Crippen MR) is 69.8 cm³/mol. The van der Waals surface area contributed by atoms with Crippen LogP contribution in [-0.4, -0.2) is 65.1 Å². The van der Waals surface area contributed by atoms with Crippen LogP contribution < -0.4 is 5.32 Å². The Balaban J connectivity index is 6.20. The maximum absolute atomic E-state index is 13.4. The Labute approximate surface area is 162 Å². The Morgan fingerprint density at radius 1 is 0.667 bits per heavy atom. The van der Waals surface area contributed by atoms with Gasteiger partial charge in [-0.15, -0.1) is 0 Å². The molecule has 0 fully saturated rings. The highest BCUT2D eigenvalue weighted by atomic mass is 35.5. The Bertz CT molecular complexity index is 619. The van der Waals surface area contributed by atoms with Gasteiger partial charge < -0.3 is 10.4 Å². The van der Waals surface area contributed by atoms with Crippen LogP contribution in [0.15, 0.2) is 0 Å². The number of halogens is 15. The first-order chi connectivity index (χ1) is 13.0. The number of hydrogen-bond acceptors (Lipinski definition) is 2. The number of carbonyl (C=O) groups is 1. The number of rotatable bonds is 11. The number of amides is 1. The number of hydrogen-bond donors (Lipinski definition) is 2. The largest absolute Gasteiger partial charge is 0.396 e. The van der Waals surface area contributed by atoms with Gasteiger partial charge in [0.05, 0.1) is 0 Å². The molecule has 180 valence electrons. The van der Waals surface area contributed by atoms with Crippen LogP contribution in [0.1, 0.15) is 12.8 Å². The monoisotopic (exact) mass is 501 g/mol. The zero-order valence-corrected chi connectivity index (χ0v) is 14.6. The average molecular weight is 502 g/mol. The van der Waals surface area contributed by atoms with Crippen molar-refractivity contribution >= 4 is 17.5 Å². The van der Waals surface area contributed by atoms with Gasteiger partial charge in [0, 0.05) is 13.2 Å². The minimum atomic E-state index is -8.27. The van der Waals surface area contributed by atoms with Gasteiger partial charge in [0.2, 0.25) is 0 Å². The van der Waals surface area contributed by atoms with Crippen molar-refractivity contribution in [3.05, 3.63) is 0 Å². The first kappa shape index (κ1) is 28.7. The molecule has 0 aromatic rings. The summed E-state index contributed by atoms with van der Waals surface area (Å²) in [7, 11) is 0. The second kappa shape index (κ2) is 8.35. The molecule has 0 aliphatic heterocycles. The summed E-state index contributed by atoms with van der Waals surface area (Å²) in [5.41, 5.74) is 0. The van der Waals surface area contributed by atoms with Gasteiger partial charge in [-0.2, -0.15) is 61.5 Å². The third-order valence-electron chi connectivity index (χ3n) is 3.48. The molecule has 0 saturated heterocycles. The lowest BCUT2D eigenvalue weighted by Gasteiger charge is -2.41. The average Bonchev–Trinajstić information content (AvgIpc) is 2.56. The third-order valence-corrected chi connectivity index (χ3v) is 3.72. The van der Waals surface area contributed by atoms with E-state index in [9.17, 15) is 66.3 Å². The number of alkyl halides is 15. The molecule has 18 heteroatoms. The quantitative estimate of drug-likeness (QED) is 0.249. The SMILES string of the molecule is O=C(NCCCCO)C(F)(F)C(F)(F)C(F)(F)C(F)(F)C(F)(F)C(F)(F)C(F)(F)Cl. The van der Waals surface area contributed by atoms with E-state index in [4.69, 9.17) is 5.11 Å². The molecule has 0 aromatic carbocycles. The van der Waals surface area contributed by atoms with E-state index < -0.39 is 66.4 Å². The number of nitrogens with one attached hydrogen (secondary N) is 1. The van der Waals surface area contributed by atoms with Crippen LogP contribution in [-0.2, 0) is 4.79 Å². The number of aliphatic hydroxyl groups excluding tert-OH is 1. The lowest BCUT2D eigenvalue weighted by atomic mass is 9.91. The molecule has 0 atom stereocenters. The lowest BCUT2D eigenvalue weighted by Crippen LogP contribution is -2.73. The van der Waals surface area contributed by atoms with Crippen molar-refractivity contribution in [2.45, 2.75) is 53.8 Å². The maximum Gasteiger partial charge on any atom is 0.393 e. The van der Waals surface area contributed by atoms with Crippen molar-refractivity contribution in [2.75, 3.05) is 13.2 Å². The fraction of sp³-hybridized carbons (Fsp3) is 0.917. The number of unbranched alkanes of at least 4 members (excludes halogenated alkanes) is 1. The summed E-state index contributed by atoms with van der Waals surface area (Å²) >= 11 is 3.44. The molecule has 0 bridgehead atoms. The van der Waals surface area contributed by atoms with E-state index in [2.05, 4.69) is 11.6 Å². The summed E-state index contributed by atoms with van der Waals surface area (Å²) in [4.78, 5) is 11.0. The Kier molecular flexibility index (Phi) is 8.00. The van der Waals surface area contributed by atoms with Gasteiger partial charge in [-0.05, 0) is 24.4 Å². The summed E-state index contributed by atoms with van der Waals surface area (Å²) in [5, 5.41) is 2.49. The molecule has 0 heterocycles. The van der Waals surface area contributed by atoms with Crippen LogP contribution in [0.25, 0.3) is 0 Å². The molecule has 0 saturated carbocycles. The highest BCUT2D eigenvalue weighted by molar-refractivity contribution is 6.22. The first-order valence-corrected chi connectivity index (χ1v) is 7.59. The van der Waals surface area contributed by atoms with Crippen LogP contribution in [0.4, 0.5) is 61.5 Å². The summed E-state index contributed by atoms with van der Waals surface area (Å²) in [6, 6.07) is 0. The van der Waals surface area contributed by atoms with E-state index in [0.717, 1.165) is 5.32 Å². The molecule has 0 aliphatic rings. The van der Waals surface area contributed by atoms with Crippen molar-refractivity contribution < 1.29 is 71.4 Å². The van der Waals surface area contributed by atoms with Crippen LogP contribution in [0.2, 0.25) is 0 Å². The molecule has 0 spiro atoms. The Morgan fingerprint density at radius 3 is 1.40 bits per heavy atom. The smallest absolute Gasteiger partial charge is 0.393 e. The van der Waals surface area contributed by atoms with E-state index in [0.29, 0.717) is 0 Å². The molecule has 2 N–H and O–H groups in total. The molecule has 0 aliphatic carbocycles. The minimum absolute atomic E-state index is 0.246. The lowest BCUT2D eigenvalue weighted by molar-refractivity contribution is -0.431. The first-order valence-electron chi connectivity index (χ1n) is 7.21. The highest BCUT2D eigenvalue weighted by Gasteiger charge is 2.93. The van der Waals surface area contributed by atoms with E-state index >= 15 is 0 Å².